The van der Waals surface area contributed by atoms with Gasteiger partial charge in [-0.2, -0.15) is 0 Å². The fourth-order valence-corrected chi connectivity index (χ4v) is 3.53. The summed E-state index contributed by atoms with van der Waals surface area (Å²) in [6.45, 7) is 17.0. The highest BCUT2D eigenvalue weighted by atomic mass is 14.8. The molecule has 0 aromatic heterocycles. The highest BCUT2D eigenvalue weighted by molar-refractivity contribution is 6.04. The van der Waals surface area contributed by atoms with Crippen molar-refractivity contribution < 1.29 is 0 Å². The van der Waals surface area contributed by atoms with Crippen molar-refractivity contribution in [2.45, 2.75) is 61.8 Å². The van der Waals surface area contributed by atoms with E-state index in [-0.39, 0.29) is 0 Å². The van der Waals surface area contributed by atoms with Crippen LogP contribution in [0.15, 0.2) is 34.3 Å². The summed E-state index contributed by atoms with van der Waals surface area (Å²) in [5, 5.41) is 0. The molecule has 2 aromatic carbocycles. The van der Waals surface area contributed by atoms with Crippen molar-refractivity contribution in [2.24, 2.45) is 9.98 Å². The maximum atomic E-state index is 4.88. The number of nitrogens with zero attached hydrogens (tertiary/aromatic N) is 2. The van der Waals surface area contributed by atoms with E-state index in [1.807, 2.05) is 0 Å². The number of aryl methyl sites for hydroxylation is 6. The molecule has 2 heteroatoms. The molecule has 0 bridgehead atoms. The van der Waals surface area contributed by atoms with Gasteiger partial charge in [0.2, 0.25) is 0 Å². The van der Waals surface area contributed by atoms with E-state index in [2.05, 4.69) is 79.7 Å². The van der Waals surface area contributed by atoms with Gasteiger partial charge in [0.05, 0.1) is 11.4 Å². The first kappa shape index (κ1) is 19.1. The monoisotopic (exact) mass is 334 g/mol. The summed E-state index contributed by atoms with van der Waals surface area (Å²) in [6.07, 6.45) is 0.791. The molecule has 25 heavy (non-hydrogen) atoms. The minimum atomic E-state index is 0.791. The Labute approximate surface area is 152 Å². The Morgan fingerprint density at radius 3 is 1.16 bits per heavy atom. The van der Waals surface area contributed by atoms with Crippen LogP contribution < -0.4 is 0 Å². The minimum absolute atomic E-state index is 0.791. The highest BCUT2D eigenvalue weighted by Gasteiger charge is 2.06. The largest absolute Gasteiger partial charge is 0.257 e. The van der Waals surface area contributed by atoms with E-state index in [1.54, 1.807) is 0 Å². The van der Waals surface area contributed by atoms with Crippen molar-refractivity contribution in [1.82, 2.24) is 0 Å². The van der Waals surface area contributed by atoms with Gasteiger partial charge in [0.15, 0.2) is 0 Å². The van der Waals surface area contributed by atoms with Gasteiger partial charge >= 0.3 is 0 Å². The fourth-order valence-electron chi connectivity index (χ4n) is 3.53. The summed E-state index contributed by atoms with van der Waals surface area (Å²) >= 11 is 0. The Balaban J connectivity index is 2.27. The van der Waals surface area contributed by atoms with Crippen LogP contribution in [0.1, 0.15) is 53.6 Å². The van der Waals surface area contributed by atoms with Crippen LogP contribution in [0.5, 0.6) is 0 Å². The zero-order chi connectivity index (χ0) is 18.7. The Morgan fingerprint density at radius 1 is 0.600 bits per heavy atom. The second-order valence-electron chi connectivity index (χ2n) is 7.37. The first-order valence-electron chi connectivity index (χ1n) is 8.91. The Kier molecular flexibility index (Phi) is 5.94. The molecule has 0 N–H and O–H groups in total. The van der Waals surface area contributed by atoms with Crippen molar-refractivity contribution in [3.63, 3.8) is 0 Å². The standard InChI is InChI=1S/C23H30N2/c1-14-9-16(3)22(17(4)10-14)24-20(7)13-21(8)25-23-18(5)11-15(2)12-19(23)6/h9-12H,13H2,1-8H3/b24-20-,25-21+. The molecular weight excluding hydrogens is 304 g/mol. The first-order chi connectivity index (χ1) is 11.7. The smallest absolute Gasteiger partial charge is 0.0687 e. The Morgan fingerprint density at radius 2 is 0.880 bits per heavy atom. The lowest BCUT2D eigenvalue weighted by molar-refractivity contribution is 1.26. The van der Waals surface area contributed by atoms with Crippen LogP contribution in [0.3, 0.4) is 0 Å². The van der Waals surface area contributed by atoms with Crippen LogP contribution in [-0.2, 0) is 0 Å². The summed E-state index contributed by atoms with van der Waals surface area (Å²) in [6, 6.07) is 8.77. The van der Waals surface area contributed by atoms with Crippen molar-refractivity contribution in [3.05, 3.63) is 57.6 Å². The molecule has 0 atom stereocenters. The Hall–Kier alpha value is -2.22. The number of hydrogen-bond donors (Lipinski definition) is 0. The average Bonchev–Trinajstić information content (AvgIpc) is 2.46. The molecular formula is C23H30N2. The van der Waals surface area contributed by atoms with Gasteiger partial charge in [-0.25, -0.2) is 0 Å². The molecule has 0 saturated heterocycles. The molecule has 0 fully saturated rings. The van der Waals surface area contributed by atoms with Gasteiger partial charge in [0.1, 0.15) is 0 Å². The molecule has 0 aliphatic heterocycles. The van der Waals surface area contributed by atoms with Crippen LogP contribution in [0, 0.1) is 41.5 Å². The van der Waals surface area contributed by atoms with Crippen molar-refractivity contribution in [3.8, 4) is 0 Å². The summed E-state index contributed by atoms with van der Waals surface area (Å²) in [7, 11) is 0. The normalized spacial score (nSPS) is 12.6. The molecule has 2 rings (SSSR count). The second kappa shape index (κ2) is 7.77. The lowest BCUT2D eigenvalue weighted by atomic mass is 10.0. The quantitative estimate of drug-likeness (QED) is 0.548. The Bertz CT molecular complexity index is 737. The molecule has 0 aliphatic rings. The predicted molar refractivity (Wildman–Crippen MR) is 111 cm³/mol. The summed E-state index contributed by atoms with van der Waals surface area (Å²) in [5.41, 5.74) is 11.9. The lowest BCUT2D eigenvalue weighted by Crippen LogP contribution is -2.01. The van der Waals surface area contributed by atoms with Crippen LogP contribution >= 0.6 is 0 Å². The van der Waals surface area contributed by atoms with E-state index < -0.39 is 0 Å². The predicted octanol–water partition coefficient (Wildman–Crippen LogP) is 6.81. The number of hydrogen-bond acceptors (Lipinski definition) is 2. The van der Waals surface area contributed by atoms with Gasteiger partial charge in [0, 0.05) is 17.8 Å². The lowest BCUT2D eigenvalue weighted by Gasteiger charge is -2.10. The van der Waals surface area contributed by atoms with Gasteiger partial charge in [0.25, 0.3) is 0 Å². The first-order valence-corrected chi connectivity index (χ1v) is 8.91. The van der Waals surface area contributed by atoms with Crippen LogP contribution in [0.4, 0.5) is 11.4 Å². The minimum Gasteiger partial charge on any atom is -0.257 e. The summed E-state index contributed by atoms with van der Waals surface area (Å²) in [5.74, 6) is 0. The molecule has 0 unspecified atom stereocenters. The van der Waals surface area contributed by atoms with E-state index in [4.69, 9.17) is 9.98 Å². The molecule has 0 spiro atoms. The van der Waals surface area contributed by atoms with Crippen LogP contribution in [-0.4, -0.2) is 11.4 Å². The molecule has 132 valence electrons. The third kappa shape index (κ3) is 4.88. The van der Waals surface area contributed by atoms with Crippen molar-refractivity contribution in [1.29, 1.82) is 0 Å². The molecule has 0 radical (unpaired) electrons. The van der Waals surface area contributed by atoms with E-state index in [9.17, 15) is 0 Å². The molecule has 2 nitrogen and oxygen atoms in total. The van der Waals surface area contributed by atoms with Crippen molar-refractivity contribution in [2.75, 3.05) is 0 Å². The number of aliphatic imine (C=N–C) groups is 2. The van der Waals surface area contributed by atoms with Gasteiger partial charge in [-0.3, -0.25) is 9.98 Å². The summed E-state index contributed by atoms with van der Waals surface area (Å²) in [4.78, 5) is 9.75. The topological polar surface area (TPSA) is 24.7 Å². The summed E-state index contributed by atoms with van der Waals surface area (Å²) < 4.78 is 0. The zero-order valence-corrected chi connectivity index (χ0v) is 16.9. The molecule has 0 saturated carbocycles. The maximum absolute atomic E-state index is 4.88. The third-order valence-corrected chi connectivity index (χ3v) is 4.39. The molecule has 2 aromatic rings. The van der Waals surface area contributed by atoms with Crippen LogP contribution in [0.2, 0.25) is 0 Å². The molecule has 0 aliphatic carbocycles. The average molecular weight is 335 g/mol. The number of benzene rings is 2. The van der Waals surface area contributed by atoms with Gasteiger partial charge in [-0.15, -0.1) is 0 Å². The van der Waals surface area contributed by atoms with Gasteiger partial charge < -0.3 is 0 Å². The van der Waals surface area contributed by atoms with E-state index in [0.717, 1.165) is 29.2 Å². The zero-order valence-electron chi connectivity index (χ0n) is 16.9. The van der Waals surface area contributed by atoms with Crippen LogP contribution in [0.25, 0.3) is 0 Å². The van der Waals surface area contributed by atoms with Gasteiger partial charge in [-0.1, -0.05) is 35.4 Å². The molecule has 0 heterocycles. The molecule has 0 amide bonds. The van der Waals surface area contributed by atoms with E-state index >= 15 is 0 Å². The van der Waals surface area contributed by atoms with Gasteiger partial charge in [-0.05, 0) is 77.6 Å². The van der Waals surface area contributed by atoms with E-state index in [1.165, 1.54) is 33.4 Å². The fraction of sp³-hybridized carbons (Fsp3) is 0.391. The van der Waals surface area contributed by atoms with E-state index in [0.29, 0.717) is 0 Å². The SMILES string of the molecule is C/C(C/C(C)=N/c1c(C)cc(C)cc1C)=N/c1c(C)cc(C)cc1C. The maximum Gasteiger partial charge on any atom is 0.0687 e. The number of rotatable bonds is 4. The second-order valence-corrected chi connectivity index (χ2v) is 7.37. The highest BCUT2D eigenvalue weighted by Crippen LogP contribution is 2.27. The van der Waals surface area contributed by atoms with Crippen molar-refractivity contribution >= 4 is 22.8 Å². The third-order valence-electron chi connectivity index (χ3n) is 4.39.